The Balaban J connectivity index is 2.49. The van der Waals surface area contributed by atoms with Gasteiger partial charge < -0.3 is 0 Å². The van der Waals surface area contributed by atoms with Crippen LogP contribution >= 0.6 is 11.3 Å². The molecule has 0 atom stereocenters. The number of aryl methyl sites for hydroxylation is 1. The monoisotopic (exact) mass is 196 g/mol. The molecule has 0 aromatic carbocycles. The smallest absolute Gasteiger partial charge is 0.172 e. The zero-order chi connectivity index (χ0) is 9.84. The number of carbonyl (C=O) groups excluding carboxylic acids is 1. The van der Waals surface area contributed by atoms with Crippen molar-refractivity contribution in [2.75, 3.05) is 0 Å². The van der Waals surface area contributed by atoms with Crippen molar-refractivity contribution in [3.05, 3.63) is 21.9 Å². The summed E-state index contributed by atoms with van der Waals surface area (Å²) < 4.78 is 0. The van der Waals surface area contributed by atoms with Crippen molar-refractivity contribution < 1.29 is 4.79 Å². The molecule has 1 aromatic rings. The molecular weight excluding hydrogens is 180 g/mol. The number of carbonyl (C=O) groups is 1. The fourth-order valence-electron chi connectivity index (χ4n) is 1.13. The Morgan fingerprint density at radius 2 is 2.15 bits per heavy atom. The topological polar surface area (TPSA) is 17.1 Å². The predicted octanol–water partition coefficient (Wildman–Crippen LogP) is 3.68. The molecular formula is C11H16OS. The van der Waals surface area contributed by atoms with Crippen LogP contribution in [0.3, 0.4) is 0 Å². The summed E-state index contributed by atoms with van der Waals surface area (Å²) in [5, 5.41) is 0. The van der Waals surface area contributed by atoms with Gasteiger partial charge >= 0.3 is 0 Å². The van der Waals surface area contributed by atoms with Gasteiger partial charge in [-0.1, -0.05) is 13.8 Å². The first-order valence-corrected chi connectivity index (χ1v) is 5.51. The Bertz CT molecular complexity index is 286. The highest BCUT2D eigenvalue weighted by Gasteiger charge is 2.08. The molecule has 0 saturated heterocycles. The van der Waals surface area contributed by atoms with Crippen molar-refractivity contribution in [1.29, 1.82) is 0 Å². The van der Waals surface area contributed by atoms with Crippen LogP contribution in [0, 0.1) is 12.8 Å². The van der Waals surface area contributed by atoms with Crippen LogP contribution in [0.4, 0.5) is 0 Å². The minimum atomic E-state index is 0.298. The second-order valence-electron chi connectivity index (χ2n) is 3.77. The van der Waals surface area contributed by atoms with E-state index in [0.717, 1.165) is 11.3 Å². The highest BCUT2D eigenvalue weighted by Crippen LogP contribution is 2.18. The molecule has 1 aromatic heterocycles. The number of thiophene rings is 1. The maximum absolute atomic E-state index is 11.6. The van der Waals surface area contributed by atoms with Gasteiger partial charge in [0.1, 0.15) is 0 Å². The zero-order valence-corrected chi connectivity index (χ0v) is 9.28. The molecule has 13 heavy (non-hydrogen) atoms. The van der Waals surface area contributed by atoms with E-state index in [9.17, 15) is 4.79 Å². The summed E-state index contributed by atoms with van der Waals surface area (Å²) in [5.74, 6) is 0.914. The molecule has 0 saturated carbocycles. The van der Waals surface area contributed by atoms with Crippen molar-refractivity contribution in [1.82, 2.24) is 0 Å². The highest BCUT2D eigenvalue weighted by atomic mass is 32.1. The third-order valence-corrected chi connectivity index (χ3v) is 3.01. The number of hydrogen-bond acceptors (Lipinski definition) is 2. The number of ketones is 1. The molecule has 72 valence electrons. The Hall–Kier alpha value is -0.630. The molecule has 0 amide bonds. The van der Waals surface area contributed by atoms with Gasteiger partial charge in [0.2, 0.25) is 0 Å². The standard InChI is InChI=1S/C11H16OS/c1-8(2)4-6-10(12)11-7-5-9(3)13-11/h5,7-8H,4,6H2,1-3H3. The van der Waals surface area contributed by atoms with Gasteiger partial charge in [-0.05, 0) is 31.4 Å². The van der Waals surface area contributed by atoms with Gasteiger partial charge in [-0.2, -0.15) is 0 Å². The van der Waals surface area contributed by atoms with E-state index in [1.807, 2.05) is 19.1 Å². The summed E-state index contributed by atoms with van der Waals surface area (Å²) in [5.41, 5.74) is 0. The normalized spacial score (nSPS) is 10.8. The van der Waals surface area contributed by atoms with Gasteiger partial charge in [0.05, 0.1) is 4.88 Å². The lowest BCUT2D eigenvalue weighted by atomic mass is 10.1. The van der Waals surface area contributed by atoms with E-state index in [1.165, 1.54) is 4.88 Å². The Labute approximate surface area is 83.8 Å². The minimum Gasteiger partial charge on any atom is -0.293 e. The molecule has 1 rings (SSSR count). The Morgan fingerprint density at radius 3 is 2.62 bits per heavy atom. The van der Waals surface area contributed by atoms with E-state index in [0.29, 0.717) is 18.1 Å². The average molecular weight is 196 g/mol. The first kappa shape index (κ1) is 10.5. The summed E-state index contributed by atoms with van der Waals surface area (Å²) in [6, 6.07) is 3.94. The van der Waals surface area contributed by atoms with Crippen LogP contribution < -0.4 is 0 Å². The van der Waals surface area contributed by atoms with Crippen molar-refractivity contribution in [2.24, 2.45) is 5.92 Å². The van der Waals surface area contributed by atoms with Gasteiger partial charge in [-0.3, -0.25) is 4.79 Å². The lowest BCUT2D eigenvalue weighted by Gasteiger charge is -2.01. The van der Waals surface area contributed by atoms with E-state index in [1.54, 1.807) is 11.3 Å². The molecule has 0 spiro atoms. The summed E-state index contributed by atoms with van der Waals surface area (Å²) in [4.78, 5) is 13.7. The van der Waals surface area contributed by atoms with Crippen LogP contribution in [0.2, 0.25) is 0 Å². The number of hydrogen-bond donors (Lipinski definition) is 0. The van der Waals surface area contributed by atoms with E-state index in [-0.39, 0.29) is 0 Å². The van der Waals surface area contributed by atoms with Crippen LogP contribution in [0.15, 0.2) is 12.1 Å². The van der Waals surface area contributed by atoms with Gasteiger partial charge in [0.15, 0.2) is 5.78 Å². The maximum Gasteiger partial charge on any atom is 0.172 e. The van der Waals surface area contributed by atoms with Crippen LogP contribution in [0.25, 0.3) is 0 Å². The van der Waals surface area contributed by atoms with Gasteiger partial charge in [-0.15, -0.1) is 11.3 Å². The van der Waals surface area contributed by atoms with Crippen molar-refractivity contribution >= 4 is 17.1 Å². The molecule has 0 bridgehead atoms. The number of rotatable bonds is 4. The molecule has 1 heterocycles. The molecule has 0 aliphatic carbocycles. The molecule has 0 N–H and O–H groups in total. The third-order valence-electron chi connectivity index (χ3n) is 1.96. The quantitative estimate of drug-likeness (QED) is 0.671. The first-order valence-electron chi connectivity index (χ1n) is 4.69. The second-order valence-corrected chi connectivity index (χ2v) is 5.05. The first-order chi connectivity index (χ1) is 6.09. The van der Waals surface area contributed by atoms with E-state index in [2.05, 4.69) is 13.8 Å². The maximum atomic E-state index is 11.6. The van der Waals surface area contributed by atoms with E-state index < -0.39 is 0 Å². The average Bonchev–Trinajstić information content (AvgIpc) is 2.47. The lowest BCUT2D eigenvalue weighted by molar-refractivity contribution is 0.0979. The van der Waals surface area contributed by atoms with Crippen molar-refractivity contribution in [2.45, 2.75) is 33.6 Å². The van der Waals surface area contributed by atoms with Crippen molar-refractivity contribution in [3.8, 4) is 0 Å². The van der Waals surface area contributed by atoms with Gasteiger partial charge in [-0.25, -0.2) is 0 Å². The highest BCUT2D eigenvalue weighted by molar-refractivity contribution is 7.14. The molecule has 0 aliphatic rings. The summed E-state index contributed by atoms with van der Waals surface area (Å²) >= 11 is 1.60. The summed E-state index contributed by atoms with van der Waals surface area (Å²) in [7, 11) is 0. The van der Waals surface area contributed by atoms with Crippen LogP contribution in [-0.2, 0) is 0 Å². The van der Waals surface area contributed by atoms with E-state index in [4.69, 9.17) is 0 Å². The fourth-order valence-corrected chi connectivity index (χ4v) is 1.96. The minimum absolute atomic E-state index is 0.298. The SMILES string of the molecule is Cc1ccc(C(=O)CCC(C)C)s1. The molecule has 0 unspecified atom stereocenters. The Morgan fingerprint density at radius 1 is 1.46 bits per heavy atom. The molecule has 0 radical (unpaired) electrons. The van der Waals surface area contributed by atoms with Crippen LogP contribution in [0.1, 0.15) is 41.2 Å². The van der Waals surface area contributed by atoms with Gasteiger partial charge in [0, 0.05) is 11.3 Å². The molecule has 2 heteroatoms. The van der Waals surface area contributed by atoms with Crippen LogP contribution in [-0.4, -0.2) is 5.78 Å². The fraction of sp³-hybridized carbons (Fsp3) is 0.545. The second kappa shape index (κ2) is 4.56. The van der Waals surface area contributed by atoms with Crippen LogP contribution in [0.5, 0.6) is 0 Å². The molecule has 0 aliphatic heterocycles. The van der Waals surface area contributed by atoms with Crippen molar-refractivity contribution in [3.63, 3.8) is 0 Å². The predicted molar refractivity (Wildman–Crippen MR) is 57.5 cm³/mol. The zero-order valence-electron chi connectivity index (χ0n) is 8.46. The third kappa shape index (κ3) is 3.31. The summed E-state index contributed by atoms with van der Waals surface area (Å²) in [6.07, 6.45) is 1.69. The number of Topliss-reactive ketones (excluding diaryl/α,β-unsaturated/α-hetero) is 1. The Kier molecular flexibility index (Phi) is 3.67. The molecule has 1 nitrogen and oxygen atoms in total. The summed E-state index contributed by atoms with van der Waals surface area (Å²) in [6.45, 7) is 6.32. The van der Waals surface area contributed by atoms with E-state index >= 15 is 0 Å². The lowest BCUT2D eigenvalue weighted by Crippen LogP contribution is -1.98. The largest absolute Gasteiger partial charge is 0.293 e. The molecule has 0 fully saturated rings. The van der Waals surface area contributed by atoms with Gasteiger partial charge in [0.25, 0.3) is 0 Å².